The lowest BCUT2D eigenvalue weighted by molar-refractivity contribution is -0.139. The molecular weight excluding hydrogens is 503 g/mol. The molecule has 0 aliphatic rings. The van der Waals surface area contributed by atoms with Crippen molar-refractivity contribution >= 4 is 46.2 Å². The highest BCUT2D eigenvalue weighted by atomic mass is 35.5. The zero-order chi connectivity index (χ0) is 26.6. The number of fused-ring (bicyclic) bond motifs is 1. The first-order valence-electron chi connectivity index (χ1n) is 11.7. The Morgan fingerprint density at radius 2 is 1.72 bits per heavy atom. The molecule has 1 heterocycles. The Morgan fingerprint density at radius 3 is 2.31 bits per heavy atom. The van der Waals surface area contributed by atoms with E-state index in [0.717, 1.165) is 0 Å². The van der Waals surface area contributed by atoms with Gasteiger partial charge in [-0.05, 0) is 63.1 Å². The average molecular weight is 533 g/mol. The van der Waals surface area contributed by atoms with Crippen LogP contribution in [0.25, 0.3) is 22.0 Å². The van der Waals surface area contributed by atoms with Crippen molar-refractivity contribution in [3.05, 3.63) is 68.4 Å². The molecule has 192 valence electrons. The molecule has 0 saturated heterocycles. The van der Waals surface area contributed by atoms with Crippen molar-refractivity contribution in [2.75, 3.05) is 6.54 Å². The number of rotatable bonds is 8. The second-order valence-corrected chi connectivity index (χ2v) is 10.4. The SMILES string of the molecule is CCC[C@H](C(=O)O)c1c(-c2ccc(Cl)cc2)c2cc(Cl)ccc2n(CCNC(=O)OC(C)(C)C)c1=O. The largest absolute Gasteiger partial charge is 0.481 e. The van der Waals surface area contributed by atoms with Crippen LogP contribution in [0.15, 0.2) is 47.3 Å². The zero-order valence-corrected chi connectivity index (χ0v) is 22.2. The lowest BCUT2D eigenvalue weighted by atomic mass is 9.86. The normalized spacial score (nSPS) is 12.4. The van der Waals surface area contributed by atoms with Gasteiger partial charge in [-0.25, -0.2) is 4.79 Å². The number of carboxylic acids is 1. The summed E-state index contributed by atoms with van der Waals surface area (Å²) in [5.74, 6) is -2.11. The molecule has 1 amide bonds. The molecule has 2 aromatic carbocycles. The molecule has 36 heavy (non-hydrogen) atoms. The number of aliphatic carboxylic acids is 1. The summed E-state index contributed by atoms with van der Waals surface area (Å²) in [6.07, 6.45) is 0.257. The second-order valence-electron chi connectivity index (χ2n) is 9.52. The Kier molecular flexibility index (Phi) is 8.69. The fraction of sp³-hybridized carbons (Fsp3) is 0.370. The van der Waals surface area contributed by atoms with E-state index in [9.17, 15) is 19.5 Å². The minimum atomic E-state index is -1.08. The third-order valence-electron chi connectivity index (χ3n) is 5.62. The van der Waals surface area contributed by atoms with Crippen molar-refractivity contribution in [1.29, 1.82) is 0 Å². The third-order valence-corrected chi connectivity index (χ3v) is 6.11. The number of carbonyl (C=O) groups is 2. The van der Waals surface area contributed by atoms with Gasteiger partial charge >= 0.3 is 12.1 Å². The highest BCUT2D eigenvalue weighted by molar-refractivity contribution is 6.31. The summed E-state index contributed by atoms with van der Waals surface area (Å²) in [5.41, 5.74) is 0.851. The number of halogens is 2. The van der Waals surface area contributed by atoms with Crippen molar-refractivity contribution < 1.29 is 19.4 Å². The van der Waals surface area contributed by atoms with Gasteiger partial charge in [-0.2, -0.15) is 0 Å². The highest BCUT2D eigenvalue weighted by Crippen LogP contribution is 2.37. The summed E-state index contributed by atoms with van der Waals surface area (Å²) < 4.78 is 6.77. The lowest BCUT2D eigenvalue weighted by Crippen LogP contribution is -2.36. The van der Waals surface area contributed by atoms with E-state index in [0.29, 0.717) is 38.5 Å². The van der Waals surface area contributed by atoms with Crippen LogP contribution in [0.3, 0.4) is 0 Å². The van der Waals surface area contributed by atoms with Gasteiger partial charge in [-0.3, -0.25) is 9.59 Å². The molecule has 0 aliphatic heterocycles. The van der Waals surface area contributed by atoms with Crippen molar-refractivity contribution in [3.63, 3.8) is 0 Å². The smallest absolute Gasteiger partial charge is 0.407 e. The number of carbonyl (C=O) groups excluding carboxylic acids is 1. The number of pyridine rings is 1. The van der Waals surface area contributed by atoms with Gasteiger partial charge in [0.15, 0.2) is 0 Å². The maximum Gasteiger partial charge on any atom is 0.407 e. The van der Waals surface area contributed by atoms with E-state index in [1.807, 2.05) is 6.92 Å². The van der Waals surface area contributed by atoms with Crippen LogP contribution in [0.1, 0.15) is 52.0 Å². The van der Waals surface area contributed by atoms with Crippen LogP contribution in [0.4, 0.5) is 4.79 Å². The predicted octanol–water partition coefficient (Wildman–Crippen LogP) is 6.47. The van der Waals surface area contributed by atoms with Gasteiger partial charge < -0.3 is 19.7 Å². The number of alkyl carbamates (subject to hydrolysis) is 1. The predicted molar refractivity (Wildman–Crippen MR) is 143 cm³/mol. The van der Waals surface area contributed by atoms with Crippen LogP contribution in [0.2, 0.25) is 10.0 Å². The Hall–Kier alpha value is -3.03. The van der Waals surface area contributed by atoms with Crippen LogP contribution in [-0.2, 0) is 16.1 Å². The zero-order valence-electron chi connectivity index (χ0n) is 20.7. The van der Waals surface area contributed by atoms with Gasteiger partial charge in [0.1, 0.15) is 5.60 Å². The molecule has 3 aromatic rings. The van der Waals surface area contributed by atoms with Crippen LogP contribution < -0.4 is 10.9 Å². The van der Waals surface area contributed by atoms with E-state index in [4.69, 9.17) is 27.9 Å². The summed E-state index contributed by atoms with van der Waals surface area (Å²) >= 11 is 12.5. The summed E-state index contributed by atoms with van der Waals surface area (Å²) in [6, 6.07) is 12.1. The first kappa shape index (κ1) is 27.6. The molecule has 0 saturated carbocycles. The van der Waals surface area contributed by atoms with E-state index in [1.54, 1.807) is 63.2 Å². The summed E-state index contributed by atoms with van der Waals surface area (Å²) in [7, 11) is 0. The lowest BCUT2D eigenvalue weighted by Gasteiger charge is -2.23. The van der Waals surface area contributed by atoms with E-state index in [1.165, 1.54) is 4.57 Å². The Balaban J connectivity index is 2.24. The van der Waals surface area contributed by atoms with Crippen LogP contribution >= 0.6 is 23.2 Å². The first-order valence-corrected chi connectivity index (χ1v) is 12.5. The Labute approximate surface area is 220 Å². The third kappa shape index (κ3) is 6.39. The maximum atomic E-state index is 14.0. The fourth-order valence-corrected chi connectivity index (χ4v) is 4.49. The van der Waals surface area contributed by atoms with Crippen molar-refractivity contribution in [2.45, 2.75) is 58.6 Å². The van der Waals surface area contributed by atoms with Crippen LogP contribution in [0.5, 0.6) is 0 Å². The van der Waals surface area contributed by atoms with Gasteiger partial charge in [-0.15, -0.1) is 0 Å². The van der Waals surface area contributed by atoms with Gasteiger partial charge in [0.25, 0.3) is 5.56 Å². The van der Waals surface area contributed by atoms with E-state index >= 15 is 0 Å². The molecule has 3 rings (SSSR count). The van der Waals surface area contributed by atoms with Crippen molar-refractivity contribution in [1.82, 2.24) is 9.88 Å². The highest BCUT2D eigenvalue weighted by Gasteiger charge is 2.29. The Bertz CT molecular complexity index is 1330. The van der Waals surface area contributed by atoms with Crippen molar-refractivity contribution in [2.24, 2.45) is 0 Å². The molecule has 1 atom stereocenters. The number of ether oxygens (including phenoxy) is 1. The quantitative estimate of drug-likeness (QED) is 0.346. The molecule has 0 radical (unpaired) electrons. The second kappa shape index (κ2) is 11.4. The molecule has 0 aliphatic carbocycles. The number of benzene rings is 2. The summed E-state index contributed by atoms with van der Waals surface area (Å²) in [5, 5.41) is 14.4. The van der Waals surface area contributed by atoms with Crippen LogP contribution in [0, 0.1) is 0 Å². The van der Waals surface area contributed by atoms with E-state index in [-0.39, 0.29) is 25.1 Å². The van der Waals surface area contributed by atoms with Crippen LogP contribution in [-0.4, -0.2) is 33.9 Å². The number of amides is 1. The standard InChI is InChI=1S/C27H30Cl2N2O5/c1-5-6-19(25(33)34)23-22(16-7-9-17(28)10-8-16)20-15-18(29)11-12-21(20)31(24(23)32)14-13-30-26(35)36-27(2,3)4/h7-12,15,19H,5-6,13-14H2,1-4H3,(H,30,35)(H,33,34)/t19-/m0/s1. The molecular formula is C27H30Cl2N2O5. The van der Waals surface area contributed by atoms with Crippen molar-refractivity contribution in [3.8, 4) is 11.1 Å². The van der Waals surface area contributed by atoms with Gasteiger partial charge in [0, 0.05) is 39.6 Å². The number of hydrogen-bond donors (Lipinski definition) is 2. The van der Waals surface area contributed by atoms with Gasteiger partial charge in [0.05, 0.1) is 11.4 Å². The fourth-order valence-electron chi connectivity index (χ4n) is 4.19. The summed E-state index contributed by atoms with van der Waals surface area (Å²) in [4.78, 5) is 38.4. The molecule has 0 unspecified atom stereocenters. The number of aromatic nitrogens is 1. The van der Waals surface area contributed by atoms with E-state index in [2.05, 4.69) is 5.32 Å². The molecule has 1 aromatic heterocycles. The molecule has 7 nitrogen and oxygen atoms in total. The van der Waals surface area contributed by atoms with Gasteiger partial charge in [0.2, 0.25) is 0 Å². The molecule has 9 heteroatoms. The van der Waals surface area contributed by atoms with E-state index < -0.39 is 29.1 Å². The molecule has 0 fully saturated rings. The van der Waals surface area contributed by atoms with Gasteiger partial charge in [-0.1, -0.05) is 48.7 Å². The molecule has 0 spiro atoms. The number of nitrogens with zero attached hydrogens (tertiary/aromatic N) is 1. The maximum absolute atomic E-state index is 14.0. The average Bonchev–Trinajstić information content (AvgIpc) is 2.78. The monoisotopic (exact) mass is 532 g/mol. The summed E-state index contributed by atoms with van der Waals surface area (Å²) in [6.45, 7) is 7.38. The number of hydrogen-bond acceptors (Lipinski definition) is 4. The number of nitrogens with one attached hydrogen (secondary N) is 1. The minimum absolute atomic E-state index is 0.109. The number of carboxylic acid groups (broad SMARTS) is 1. The minimum Gasteiger partial charge on any atom is -0.481 e. The molecule has 0 bridgehead atoms. The topological polar surface area (TPSA) is 97.6 Å². The first-order chi connectivity index (χ1) is 16.9. The Morgan fingerprint density at radius 1 is 1.08 bits per heavy atom. The molecule has 2 N–H and O–H groups in total.